The van der Waals surface area contributed by atoms with Crippen molar-refractivity contribution in [3.8, 4) is 56.7 Å². The number of aromatic nitrogens is 5. The lowest BCUT2D eigenvalue weighted by Gasteiger charge is -2.10. The van der Waals surface area contributed by atoms with Gasteiger partial charge in [0, 0.05) is 38.4 Å². The van der Waals surface area contributed by atoms with Gasteiger partial charge in [0.2, 0.25) is 0 Å². The Morgan fingerprint density at radius 1 is 0.383 bits per heavy atom. The van der Waals surface area contributed by atoms with E-state index in [9.17, 15) is 0 Å². The molecule has 0 radical (unpaired) electrons. The fourth-order valence-electron chi connectivity index (χ4n) is 5.97. The Morgan fingerprint density at radius 3 is 1.79 bits per heavy atom. The van der Waals surface area contributed by atoms with Gasteiger partial charge in [-0.3, -0.25) is 4.98 Å². The molecule has 0 unspecified atom stereocenters. The van der Waals surface area contributed by atoms with E-state index in [1.54, 1.807) is 11.3 Å². The Kier molecular flexibility index (Phi) is 6.58. The SMILES string of the molecule is c1ccc(-c2nc(-c3ccccc3)nc(-c3cccc(-c4ccc5cc(-c6ccc7sc8ccccc8c7n6)ncc5c4)c3)n2)cc1. The molecule has 0 atom stereocenters. The van der Waals surface area contributed by atoms with Gasteiger partial charge >= 0.3 is 0 Å². The molecule has 9 aromatic rings. The standard InChI is InChI=1S/C41H25N5S/c1-3-10-26(11-4-1)39-44-40(27-12-5-2-6-13-27)46-41(45-39)31-15-9-14-28(22-31)29-18-19-30-24-35(42-25-32(30)23-29)34-20-21-37-38(43-34)33-16-7-8-17-36(33)47-37/h1-25H. The van der Waals surface area contributed by atoms with Gasteiger partial charge in [0.05, 0.1) is 21.6 Å². The number of hydrogen-bond donors (Lipinski definition) is 0. The van der Waals surface area contributed by atoms with Gasteiger partial charge in [-0.15, -0.1) is 11.3 Å². The van der Waals surface area contributed by atoms with E-state index in [1.807, 2.05) is 66.9 Å². The maximum atomic E-state index is 5.03. The largest absolute Gasteiger partial charge is 0.254 e. The third-order valence-corrected chi connectivity index (χ3v) is 9.48. The highest BCUT2D eigenvalue weighted by molar-refractivity contribution is 7.25. The molecule has 9 rings (SSSR count). The van der Waals surface area contributed by atoms with Crippen molar-refractivity contribution in [1.29, 1.82) is 0 Å². The van der Waals surface area contributed by atoms with Gasteiger partial charge in [-0.1, -0.05) is 109 Å². The number of nitrogens with zero attached hydrogens (tertiary/aromatic N) is 5. The zero-order valence-electron chi connectivity index (χ0n) is 25.1. The molecule has 0 bridgehead atoms. The van der Waals surface area contributed by atoms with Gasteiger partial charge in [-0.2, -0.15) is 0 Å². The van der Waals surface area contributed by atoms with Crippen molar-refractivity contribution in [2.45, 2.75) is 0 Å². The molecule has 4 heterocycles. The summed E-state index contributed by atoms with van der Waals surface area (Å²) in [4.78, 5) is 24.5. The molecule has 4 aromatic heterocycles. The van der Waals surface area contributed by atoms with Crippen LogP contribution >= 0.6 is 11.3 Å². The Balaban J connectivity index is 1.08. The second-order valence-electron chi connectivity index (χ2n) is 11.4. The molecule has 5 nitrogen and oxygen atoms in total. The summed E-state index contributed by atoms with van der Waals surface area (Å²) in [6.45, 7) is 0. The first-order valence-corrected chi connectivity index (χ1v) is 16.2. The Bertz CT molecular complexity index is 2520. The first-order chi connectivity index (χ1) is 23.2. The molecule has 220 valence electrons. The van der Waals surface area contributed by atoms with Crippen molar-refractivity contribution in [1.82, 2.24) is 24.9 Å². The normalized spacial score (nSPS) is 11.4. The number of rotatable bonds is 5. The Morgan fingerprint density at radius 2 is 1.02 bits per heavy atom. The van der Waals surface area contributed by atoms with Crippen molar-refractivity contribution in [2.75, 3.05) is 0 Å². The van der Waals surface area contributed by atoms with Gasteiger partial charge in [-0.25, -0.2) is 19.9 Å². The summed E-state index contributed by atoms with van der Waals surface area (Å²) >= 11 is 1.77. The number of benzene rings is 5. The van der Waals surface area contributed by atoms with Crippen LogP contribution in [0.5, 0.6) is 0 Å². The van der Waals surface area contributed by atoms with E-state index < -0.39 is 0 Å². The van der Waals surface area contributed by atoms with E-state index in [0.717, 1.165) is 55.5 Å². The third-order valence-electron chi connectivity index (χ3n) is 8.36. The molecule has 0 fully saturated rings. The second-order valence-corrected chi connectivity index (χ2v) is 12.5. The molecular weight excluding hydrogens is 595 g/mol. The Labute approximate surface area is 275 Å². The lowest BCUT2D eigenvalue weighted by molar-refractivity contribution is 1.07. The van der Waals surface area contributed by atoms with Gasteiger partial charge in [-0.05, 0) is 52.9 Å². The summed E-state index contributed by atoms with van der Waals surface area (Å²) in [7, 11) is 0. The Hall–Kier alpha value is -6.11. The summed E-state index contributed by atoms with van der Waals surface area (Å²) in [6, 6.07) is 49.7. The van der Waals surface area contributed by atoms with Crippen molar-refractivity contribution < 1.29 is 0 Å². The van der Waals surface area contributed by atoms with Crippen LogP contribution in [0.4, 0.5) is 0 Å². The minimum atomic E-state index is 0.634. The van der Waals surface area contributed by atoms with Crippen LogP contribution in [0.1, 0.15) is 0 Å². The molecule has 0 amide bonds. The molecule has 5 aromatic carbocycles. The van der Waals surface area contributed by atoms with Gasteiger partial charge in [0.15, 0.2) is 17.5 Å². The molecule has 0 spiro atoms. The zero-order chi connectivity index (χ0) is 31.2. The average Bonchev–Trinajstić information content (AvgIpc) is 3.53. The number of thiophene rings is 1. The van der Waals surface area contributed by atoms with Crippen molar-refractivity contribution in [3.63, 3.8) is 0 Å². The maximum absolute atomic E-state index is 5.03. The molecular formula is C41H25N5S. The van der Waals surface area contributed by atoms with Crippen molar-refractivity contribution in [2.24, 2.45) is 0 Å². The first-order valence-electron chi connectivity index (χ1n) is 15.4. The van der Waals surface area contributed by atoms with Crippen molar-refractivity contribution >= 4 is 42.4 Å². The number of fused-ring (bicyclic) bond motifs is 4. The van der Waals surface area contributed by atoms with E-state index in [-0.39, 0.29) is 0 Å². The molecule has 0 saturated heterocycles. The minimum absolute atomic E-state index is 0.634. The van der Waals surface area contributed by atoms with Crippen LogP contribution in [0.25, 0.3) is 87.8 Å². The fourth-order valence-corrected chi connectivity index (χ4v) is 7.02. The highest BCUT2D eigenvalue weighted by Gasteiger charge is 2.14. The van der Waals surface area contributed by atoms with Crippen LogP contribution in [0.2, 0.25) is 0 Å². The predicted molar refractivity (Wildman–Crippen MR) is 193 cm³/mol. The second kappa shape index (κ2) is 11.4. The third kappa shape index (κ3) is 5.11. The highest BCUT2D eigenvalue weighted by atomic mass is 32.1. The monoisotopic (exact) mass is 619 g/mol. The van der Waals surface area contributed by atoms with Crippen molar-refractivity contribution in [3.05, 3.63) is 152 Å². The summed E-state index contributed by atoms with van der Waals surface area (Å²) in [5.74, 6) is 1.93. The molecule has 0 N–H and O–H groups in total. The molecule has 0 aliphatic rings. The molecule has 0 aliphatic carbocycles. The van der Waals surface area contributed by atoms with Gasteiger partial charge in [0.25, 0.3) is 0 Å². The van der Waals surface area contributed by atoms with Crippen LogP contribution in [-0.2, 0) is 0 Å². The summed E-state index contributed by atoms with van der Waals surface area (Å²) < 4.78 is 2.44. The molecule has 0 saturated carbocycles. The summed E-state index contributed by atoms with van der Waals surface area (Å²) in [5.41, 5.74) is 7.77. The smallest absolute Gasteiger partial charge is 0.164 e. The lowest BCUT2D eigenvalue weighted by Crippen LogP contribution is -2.00. The van der Waals surface area contributed by atoms with E-state index in [0.29, 0.717) is 17.5 Å². The molecule has 47 heavy (non-hydrogen) atoms. The van der Waals surface area contributed by atoms with E-state index in [1.165, 1.54) is 14.8 Å². The molecule has 6 heteroatoms. The van der Waals surface area contributed by atoms with Crippen LogP contribution in [0, 0.1) is 0 Å². The van der Waals surface area contributed by atoms with Gasteiger partial charge in [0.1, 0.15) is 0 Å². The van der Waals surface area contributed by atoms with Crippen LogP contribution in [0.3, 0.4) is 0 Å². The maximum Gasteiger partial charge on any atom is 0.164 e. The summed E-state index contributed by atoms with van der Waals surface area (Å²) in [5, 5.41) is 3.37. The van der Waals surface area contributed by atoms with Crippen LogP contribution in [0.15, 0.2) is 152 Å². The quantitative estimate of drug-likeness (QED) is 0.192. The number of hydrogen-bond acceptors (Lipinski definition) is 6. The molecule has 0 aliphatic heterocycles. The average molecular weight is 620 g/mol. The topological polar surface area (TPSA) is 64.5 Å². The summed E-state index contributed by atoms with van der Waals surface area (Å²) in [6.07, 6.45) is 1.94. The fraction of sp³-hybridized carbons (Fsp3) is 0. The minimum Gasteiger partial charge on any atom is -0.254 e. The van der Waals surface area contributed by atoms with E-state index in [2.05, 4.69) is 84.9 Å². The number of pyridine rings is 2. The van der Waals surface area contributed by atoms with Gasteiger partial charge < -0.3 is 0 Å². The first kappa shape index (κ1) is 27.2. The highest BCUT2D eigenvalue weighted by Crippen LogP contribution is 2.35. The van der Waals surface area contributed by atoms with E-state index in [4.69, 9.17) is 24.9 Å². The van der Waals surface area contributed by atoms with E-state index >= 15 is 0 Å². The lowest BCUT2D eigenvalue weighted by atomic mass is 9.99. The van der Waals surface area contributed by atoms with Crippen LogP contribution in [-0.4, -0.2) is 24.9 Å². The van der Waals surface area contributed by atoms with Crippen LogP contribution < -0.4 is 0 Å². The zero-order valence-corrected chi connectivity index (χ0v) is 25.9. The predicted octanol–water partition coefficient (Wildman–Crippen LogP) is 10.5.